The predicted octanol–water partition coefficient (Wildman–Crippen LogP) is 1.93. The summed E-state index contributed by atoms with van der Waals surface area (Å²) >= 11 is 0. The number of carbonyl (C=O) groups excluding carboxylic acids is 1. The highest BCUT2D eigenvalue weighted by atomic mass is 16.5. The van der Waals surface area contributed by atoms with Gasteiger partial charge in [-0.05, 0) is 25.0 Å². The van der Waals surface area contributed by atoms with Crippen LogP contribution in [0.25, 0.3) is 0 Å². The third-order valence-electron chi connectivity index (χ3n) is 3.14. The Labute approximate surface area is 112 Å². The number of benzene rings is 1. The summed E-state index contributed by atoms with van der Waals surface area (Å²) in [5, 5.41) is 11.8. The van der Waals surface area contributed by atoms with Crippen LogP contribution >= 0.6 is 0 Å². The molecule has 1 heterocycles. The summed E-state index contributed by atoms with van der Waals surface area (Å²) in [6, 6.07) is 7.03. The molecule has 0 spiro atoms. The van der Waals surface area contributed by atoms with E-state index in [4.69, 9.17) is 14.7 Å². The smallest absolute Gasteiger partial charge is 0.229 e. The average molecular weight is 260 g/mol. The molecular formula is C14H16N2O3. The topological polar surface area (TPSA) is 71.3 Å². The van der Waals surface area contributed by atoms with Crippen LogP contribution in [0.15, 0.2) is 18.2 Å². The molecule has 0 bridgehead atoms. The van der Waals surface area contributed by atoms with E-state index in [1.807, 2.05) is 0 Å². The quantitative estimate of drug-likeness (QED) is 0.901. The first-order chi connectivity index (χ1) is 9.24. The SMILES string of the molecule is COc1ccc(C#N)c(NC(=O)C2CCCOC2)c1. The monoisotopic (exact) mass is 260 g/mol. The highest BCUT2D eigenvalue weighted by Gasteiger charge is 2.22. The standard InChI is InChI=1S/C14H16N2O3/c1-18-12-5-4-10(8-15)13(7-12)16-14(17)11-3-2-6-19-9-11/h4-5,7,11H,2-3,6,9H2,1H3,(H,16,17). The first kappa shape index (κ1) is 13.4. The van der Waals surface area contributed by atoms with Gasteiger partial charge < -0.3 is 14.8 Å². The van der Waals surface area contributed by atoms with Gasteiger partial charge in [0.1, 0.15) is 11.8 Å². The molecule has 2 rings (SSSR count). The summed E-state index contributed by atoms with van der Waals surface area (Å²) in [6.45, 7) is 1.16. The first-order valence-corrected chi connectivity index (χ1v) is 6.21. The first-order valence-electron chi connectivity index (χ1n) is 6.21. The molecule has 5 heteroatoms. The maximum absolute atomic E-state index is 12.1. The van der Waals surface area contributed by atoms with Crippen molar-refractivity contribution in [2.75, 3.05) is 25.6 Å². The van der Waals surface area contributed by atoms with Gasteiger partial charge in [0.2, 0.25) is 5.91 Å². The van der Waals surface area contributed by atoms with Crippen LogP contribution in [0, 0.1) is 17.2 Å². The van der Waals surface area contributed by atoms with E-state index >= 15 is 0 Å². The van der Waals surface area contributed by atoms with Crippen LogP contribution in [0.1, 0.15) is 18.4 Å². The van der Waals surface area contributed by atoms with Crippen molar-refractivity contribution >= 4 is 11.6 Å². The number of anilines is 1. The van der Waals surface area contributed by atoms with Crippen molar-refractivity contribution in [3.63, 3.8) is 0 Å². The van der Waals surface area contributed by atoms with Crippen LogP contribution in [0.5, 0.6) is 5.75 Å². The molecular weight excluding hydrogens is 244 g/mol. The molecule has 100 valence electrons. The Bertz CT molecular complexity index is 502. The summed E-state index contributed by atoms with van der Waals surface area (Å²) in [6.07, 6.45) is 1.71. The largest absolute Gasteiger partial charge is 0.497 e. The summed E-state index contributed by atoms with van der Waals surface area (Å²) in [5.41, 5.74) is 0.906. The minimum absolute atomic E-state index is 0.107. The summed E-state index contributed by atoms with van der Waals surface area (Å²) < 4.78 is 10.4. The van der Waals surface area contributed by atoms with Gasteiger partial charge in [-0.2, -0.15) is 5.26 Å². The Morgan fingerprint density at radius 1 is 1.58 bits per heavy atom. The van der Waals surface area contributed by atoms with Gasteiger partial charge in [0.15, 0.2) is 0 Å². The van der Waals surface area contributed by atoms with E-state index in [1.54, 1.807) is 25.3 Å². The van der Waals surface area contributed by atoms with Crippen molar-refractivity contribution in [3.05, 3.63) is 23.8 Å². The van der Waals surface area contributed by atoms with Gasteiger partial charge >= 0.3 is 0 Å². The fourth-order valence-electron chi connectivity index (χ4n) is 2.03. The van der Waals surface area contributed by atoms with Gasteiger partial charge in [-0.15, -0.1) is 0 Å². The lowest BCUT2D eigenvalue weighted by atomic mass is 10.0. The highest BCUT2D eigenvalue weighted by Crippen LogP contribution is 2.23. The second-order valence-corrected chi connectivity index (χ2v) is 4.43. The molecule has 0 saturated carbocycles. The third kappa shape index (κ3) is 3.24. The van der Waals surface area contributed by atoms with Crippen LogP contribution in [0.2, 0.25) is 0 Å². The normalized spacial score (nSPS) is 18.4. The number of nitrogens with zero attached hydrogens (tertiary/aromatic N) is 1. The van der Waals surface area contributed by atoms with E-state index in [-0.39, 0.29) is 11.8 Å². The summed E-state index contributed by atoms with van der Waals surface area (Å²) in [4.78, 5) is 12.1. The lowest BCUT2D eigenvalue weighted by molar-refractivity contribution is -0.123. The maximum Gasteiger partial charge on any atom is 0.229 e. The van der Waals surface area contributed by atoms with Crippen molar-refractivity contribution in [1.29, 1.82) is 5.26 Å². The highest BCUT2D eigenvalue weighted by molar-refractivity contribution is 5.94. The zero-order chi connectivity index (χ0) is 13.7. The minimum atomic E-state index is -0.147. The molecule has 1 N–H and O–H groups in total. The van der Waals surface area contributed by atoms with Gasteiger partial charge in [0.25, 0.3) is 0 Å². The Morgan fingerprint density at radius 2 is 2.42 bits per heavy atom. The van der Waals surface area contributed by atoms with Gasteiger partial charge in [-0.3, -0.25) is 4.79 Å². The predicted molar refractivity (Wildman–Crippen MR) is 69.9 cm³/mol. The lowest BCUT2D eigenvalue weighted by Gasteiger charge is -2.21. The average Bonchev–Trinajstić information content (AvgIpc) is 2.48. The number of amides is 1. The number of carbonyl (C=O) groups is 1. The molecule has 1 aliphatic heterocycles. The van der Waals surface area contributed by atoms with Gasteiger partial charge in [0, 0.05) is 12.7 Å². The van der Waals surface area contributed by atoms with E-state index in [0.29, 0.717) is 30.2 Å². The minimum Gasteiger partial charge on any atom is -0.497 e. The molecule has 5 nitrogen and oxygen atoms in total. The van der Waals surface area contributed by atoms with Gasteiger partial charge in [-0.1, -0.05) is 0 Å². The molecule has 0 radical (unpaired) electrons. The molecule has 1 unspecified atom stereocenters. The van der Waals surface area contributed by atoms with Crippen LogP contribution < -0.4 is 10.1 Å². The van der Waals surface area contributed by atoms with E-state index in [9.17, 15) is 4.79 Å². The number of methoxy groups -OCH3 is 1. The lowest BCUT2D eigenvalue weighted by Crippen LogP contribution is -2.30. The van der Waals surface area contributed by atoms with Crippen molar-refractivity contribution in [2.24, 2.45) is 5.92 Å². The molecule has 1 amide bonds. The molecule has 1 atom stereocenters. The van der Waals surface area contributed by atoms with Crippen LogP contribution in [-0.2, 0) is 9.53 Å². The molecule has 1 saturated heterocycles. The molecule has 0 aliphatic carbocycles. The van der Waals surface area contributed by atoms with E-state index in [1.165, 1.54) is 0 Å². The Morgan fingerprint density at radius 3 is 3.05 bits per heavy atom. The number of ether oxygens (including phenoxy) is 2. The van der Waals surface area contributed by atoms with E-state index in [2.05, 4.69) is 11.4 Å². The van der Waals surface area contributed by atoms with Gasteiger partial charge in [0.05, 0.1) is 30.9 Å². The Kier molecular flexibility index (Phi) is 4.37. The second-order valence-electron chi connectivity index (χ2n) is 4.43. The van der Waals surface area contributed by atoms with E-state index < -0.39 is 0 Å². The zero-order valence-corrected chi connectivity index (χ0v) is 10.8. The molecule has 0 aromatic heterocycles. The van der Waals surface area contributed by atoms with E-state index in [0.717, 1.165) is 12.8 Å². The molecule has 19 heavy (non-hydrogen) atoms. The van der Waals surface area contributed by atoms with Crippen molar-refractivity contribution in [3.8, 4) is 11.8 Å². The van der Waals surface area contributed by atoms with Crippen LogP contribution in [-0.4, -0.2) is 26.2 Å². The molecule has 1 aromatic carbocycles. The summed E-state index contributed by atoms with van der Waals surface area (Å²) in [7, 11) is 1.54. The number of nitrogens with one attached hydrogen (secondary N) is 1. The van der Waals surface area contributed by atoms with Crippen molar-refractivity contribution in [2.45, 2.75) is 12.8 Å². The molecule has 1 aliphatic rings. The number of hydrogen-bond donors (Lipinski definition) is 1. The molecule has 1 fully saturated rings. The van der Waals surface area contributed by atoms with Crippen molar-refractivity contribution in [1.82, 2.24) is 0 Å². The summed E-state index contributed by atoms with van der Waals surface area (Å²) in [5.74, 6) is 0.352. The number of nitriles is 1. The fraction of sp³-hybridized carbons (Fsp3) is 0.429. The van der Waals surface area contributed by atoms with Crippen LogP contribution in [0.3, 0.4) is 0 Å². The fourth-order valence-corrected chi connectivity index (χ4v) is 2.03. The molecule has 1 aromatic rings. The Balaban J connectivity index is 2.13. The zero-order valence-electron chi connectivity index (χ0n) is 10.8. The van der Waals surface area contributed by atoms with Crippen molar-refractivity contribution < 1.29 is 14.3 Å². The third-order valence-corrected chi connectivity index (χ3v) is 3.14. The second kappa shape index (κ2) is 6.21. The number of rotatable bonds is 3. The Hall–Kier alpha value is -2.06. The van der Waals surface area contributed by atoms with Gasteiger partial charge in [-0.25, -0.2) is 0 Å². The van der Waals surface area contributed by atoms with Crippen LogP contribution in [0.4, 0.5) is 5.69 Å². The number of hydrogen-bond acceptors (Lipinski definition) is 4. The maximum atomic E-state index is 12.1.